The zero-order valence-electron chi connectivity index (χ0n) is 18.3. The summed E-state index contributed by atoms with van der Waals surface area (Å²) in [5.41, 5.74) is 1.94. The maximum atomic E-state index is 13.0. The van der Waals surface area contributed by atoms with Crippen LogP contribution in [0.1, 0.15) is 31.9 Å². The minimum atomic E-state index is 0.00212. The normalized spacial score (nSPS) is 15.2. The summed E-state index contributed by atoms with van der Waals surface area (Å²) >= 11 is 9.51. The second kappa shape index (κ2) is 10.7. The van der Waals surface area contributed by atoms with Gasteiger partial charge < -0.3 is 4.74 Å². The Balaban J connectivity index is 1.34. The number of aromatic nitrogens is 2. The van der Waals surface area contributed by atoms with Gasteiger partial charge in [0.25, 0.3) is 5.56 Å². The van der Waals surface area contributed by atoms with E-state index in [2.05, 4.69) is 32.4 Å². The van der Waals surface area contributed by atoms with Crippen molar-refractivity contribution in [3.05, 3.63) is 80.1 Å². The molecule has 1 aliphatic rings. The molecule has 2 heterocycles. The molecule has 0 aliphatic carbocycles. The molecular formula is C25H29BrClN3O2. The SMILES string of the molecule is CCn1c(CN2CCC(CCOc3ccc(Cl)cc3)CC2)c(Br)c(=O)n1-c1ccccc1. The van der Waals surface area contributed by atoms with Crippen LogP contribution < -0.4 is 10.3 Å². The van der Waals surface area contributed by atoms with Crippen LogP contribution in [0, 0.1) is 5.92 Å². The number of piperidine rings is 1. The largest absolute Gasteiger partial charge is 0.494 e. The summed E-state index contributed by atoms with van der Waals surface area (Å²) in [7, 11) is 0. The van der Waals surface area contributed by atoms with Gasteiger partial charge in [-0.15, -0.1) is 0 Å². The fourth-order valence-corrected chi connectivity index (χ4v) is 5.01. The standard InChI is InChI=1S/C25H29BrClN3O2/c1-2-29-23(24(26)25(31)30(29)21-6-4-3-5-7-21)18-28-15-12-19(13-16-28)14-17-32-22-10-8-20(27)9-11-22/h3-11,19H,2,12-18H2,1H3. The molecule has 1 saturated heterocycles. The number of nitrogens with zero attached hydrogens (tertiary/aromatic N) is 3. The fourth-order valence-electron chi connectivity index (χ4n) is 4.39. The van der Waals surface area contributed by atoms with Gasteiger partial charge >= 0.3 is 0 Å². The summed E-state index contributed by atoms with van der Waals surface area (Å²) < 4.78 is 10.4. The van der Waals surface area contributed by atoms with Crippen molar-refractivity contribution in [1.29, 1.82) is 0 Å². The molecule has 5 nitrogen and oxygen atoms in total. The Kier molecular flexibility index (Phi) is 7.76. The number of benzene rings is 2. The molecule has 3 aromatic rings. The van der Waals surface area contributed by atoms with Crippen LogP contribution in [0.2, 0.25) is 5.02 Å². The third kappa shape index (κ3) is 5.30. The molecule has 2 aromatic carbocycles. The predicted molar refractivity (Wildman–Crippen MR) is 133 cm³/mol. The van der Waals surface area contributed by atoms with Crippen LogP contribution in [0.5, 0.6) is 5.75 Å². The molecular weight excluding hydrogens is 490 g/mol. The highest BCUT2D eigenvalue weighted by atomic mass is 79.9. The molecule has 1 fully saturated rings. The van der Waals surface area contributed by atoms with Crippen LogP contribution in [0.15, 0.2) is 63.9 Å². The van der Waals surface area contributed by atoms with Crippen LogP contribution >= 0.6 is 27.5 Å². The minimum Gasteiger partial charge on any atom is -0.494 e. The summed E-state index contributed by atoms with van der Waals surface area (Å²) in [6.07, 6.45) is 3.36. The van der Waals surface area contributed by atoms with Gasteiger partial charge in [0, 0.05) is 18.1 Å². The van der Waals surface area contributed by atoms with Crippen LogP contribution in [-0.4, -0.2) is 34.0 Å². The van der Waals surface area contributed by atoms with Crippen molar-refractivity contribution >= 4 is 27.5 Å². The van der Waals surface area contributed by atoms with Gasteiger partial charge in [-0.1, -0.05) is 29.8 Å². The van der Waals surface area contributed by atoms with Gasteiger partial charge in [-0.2, -0.15) is 0 Å². The number of likely N-dealkylation sites (tertiary alicyclic amines) is 1. The van der Waals surface area contributed by atoms with Gasteiger partial charge in [-0.3, -0.25) is 14.4 Å². The number of halogens is 2. The molecule has 0 saturated carbocycles. The van der Waals surface area contributed by atoms with Crippen molar-refractivity contribution in [3.8, 4) is 11.4 Å². The maximum absolute atomic E-state index is 13.0. The lowest BCUT2D eigenvalue weighted by Crippen LogP contribution is -2.34. The van der Waals surface area contributed by atoms with Crippen molar-refractivity contribution in [3.63, 3.8) is 0 Å². The van der Waals surface area contributed by atoms with E-state index in [4.69, 9.17) is 16.3 Å². The quantitative estimate of drug-likeness (QED) is 0.381. The number of rotatable bonds is 8. The lowest BCUT2D eigenvalue weighted by molar-refractivity contribution is 0.154. The zero-order chi connectivity index (χ0) is 22.5. The molecule has 7 heteroatoms. The van der Waals surface area contributed by atoms with Crippen LogP contribution in [0.25, 0.3) is 5.69 Å². The van der Waals surface area contributed by atoms with E-state index in [1.165, 1.54) is 0 Å². The first kappa shape index (κ1) is 23.1. The number of para-hydroxylation sites is 1. The lowest BCUT2D eigenvalue weighted by atomic mass is 9.94. The third-order valence-corrected chi connectivity index (χ3v) is 7.22. The highest BCUT2D eigenvalue weighted by Crippen LogP contribution is 2.25. The molecule has 0 unspecified atom stereocenters. The van der Waals surface area contributed by atoms with Gasteiger partial charge in [0.1, 0.15) is 10.2 Å². The Bertz CT molecular complexity index is 1070. The summed E-state index contributed by atoms with van der Waals surface area (Å²) in [6, 6.07) is 17.4. The topological polar surface area (TPSA) is 39.4 Å². The minimum absolute atomic E-state index is 0.00212. The number of hydrogen-bond acceptors (Lipinski definition) is 3. The van der Waals surface area contributed by atoms with Crippen molar-refractivity contribution in [1.82, 2.24) is 14.3 Å². The molecule has 0 bridgehead atoms. The van der Waals surface area contributed by atoms with Crippen molar-refractivity contribution < 1.29 is 4.74 Å². The Morgan fingerprint density at radius 2 is 1.75 bits per heavy atom. The van der Waals surface area contributed by atoms with Crippen molar-refractivity contribution in [2.75, 3.05) is 19.7 Å². The smallest absolute Gasteiger partial charge is 0.286 e. The van der Waals surface area contributed by atoms with E-state index in [-0.39, 0.29) is 5.56 Å². The molecule has 1 aliphatic heterocycles. The molecule has 0 atom stereocenters. The van der Waals surface area contributed by atoms with Gasteiger partial charge in [-0.25, -0.2) is 4.68 Å². The van der Waals surface area contributed by atoms with E-state index in [0.29, 0.717) is 10.4 Å². The second-order valence-corrected chi connectivity index (χ2v) is 9.47. The Hall–Kier alpha value is -2.02. The van der Waals surface area contributed by atoms with E-state index in [0.717, 1.165) is 74.2 Å². The van der Waals surface area contributed by atoms with E-state index in [1.54, 1.807) is 4.68 Å². The van der Waals surface area contributed by atoms with Crippen LogP contribution in [-0.2, 0) is 13.1 Å². The summed E-state index contributed by atoms with van der Waals surface area (Å²) in [5.74, 6) is 1.54. The maximum Gasteiger partial charge on any atom is 0.286 e. The van der Waals surface area contributed by atoms with Crippen molar-refractivity contribution in [2.45, 2.75) is 39.3 Å². The van der Waals surface area contributed by atoms with E-state index < -0.39 is 0 Å². The number of ether oxygens (including phenoxy) is 1. The van der Waals surface area contributed by atoms with E-state index >= 15 is 0 Å². The Labute approximate surface area is 202 Å². The Morgan fingerprint density at radius 1 is 1.06 bits per heavy atom. The zero-order valence-corrected chi connectivity index (χ0v) is 20.7. The van der Waals surface area contributed by atoms with E-state index in [9.17, 15) is 4.79 Å². The lowest BCUT2D eigenvalue weighted by Gasteiger charge is -2.32. The van der Waals surface area contributed by atoms with E-state index in [1.807, 2.05) is 54.6 Å². The predicted octanol–water partition coefficient (Wildman–Crippen LogP) is 5.76. The molecule has 4 rings (SSSR count). The monoisotopic (exact) mass is 517 g/mol. The van der Waals surface area contributed by atoms with Crippen molar-refractivity contribution in [2.24, 2.45) is 5.92 Å². The van der Waals surface area contributed by atoms with Gasteiger partial charge in [0.15, 0.2) is 0 Å². The molecule has 0 amide bonds. The highest BCUT2D eigenvalue weighted by molar-refractivity contribution is 9.10. The summed E-state index contributed by atoms with van der Waals surface area (Å²) in [6.45, 7) is 6.40. The average molecular weight is 519 g/mol. The van der Waals surface area contributed by atoms with Gasteiger partial charge in [0.2, 0.25) is 0 Å². The van der Waals surface area contributed by atoms with Crippen LogP contribution in [0.3, 0.4) is 0 Å². The number of hydrogen-bond donors (Lipinski definition) is 0. The first-order valence-electron chi connectivity index (χ1n) is 11.2. The Morgan fingerprint density at radius 3 is 2.41 bits per heavy atom. The fraction of sp³-hybridized carbons (Fsp3) is 0.400. The van der Waals surface area contributed by atoms with Crippen LogP contribution in [0.4, 0.5) is 0 Å². The highest BCUT2D eigenvalue weighted by Gasteiger charge is 2.24. The second-order valence-electron chi connectivity index (χ2n) is 8.24. The molecule has 0 N–H and O–H groups in total. The first-order valence-corrected chi connectivity index (χ1v) is 12.4. The first-order chi connectivity index (χ1) is 15.6. The average Bonchev–Trinajstić information content (AvgIpc) is 3.06. The summed E-state index contributed by atoms with van der Waals surface area (Å²) in [4.78, 5) is 15.4. The molecule has 32 heavy (non-hydrogen) atoms. The molecule has 170 valence electrons. The molecule has 0 spiro atoms. The molecule has 0 radical (unpaired) electrons. The third-order valence-electron chi connectivity index (χ3n) is 6.18. The van der Waals surface area contributed by atoms with Gasteiger partial charge in [-0.05, 0) is 97.5 Å². The molecule has 1 aromatic heterocycles. The summed E-state index contributed by atoms with van der Waals surface area (Å²) in [5, 5.41) is 0.726. The van der Waals surface area contributed by atoms with Gasteiger partial charge in [0.05, 0.1) is 18.0 Å².